The summed E-state index contributed by atoms with van der Waals surface area (Å²) in [6.45, 7) is 3.39. The van der Waals surface area contributed by atoms with Crippen LogP contribution >= 0.6 is 15.9 Å². The second-order valence-electron chi connectivity index (χ2n) is 5.51. The van der Waals surface area contributed by atoms with E-state index < -0.39 is 0 Å². The van der Waals surface area contributed by atoms with Crippen molar-refractivity contribution in [3.05, 3.63) is 34.3 Å². The first kappa shape index (κ1) is 14.1. The fourth-order valence-electron chi connectivity index (χ4n) is 2.62. The molecule has 1 atom stereocenters. The molecule has 0 aliphatic heterocycles. The first-order valence-corrected chi connectivity index (χ1v) is 8.05. The van der Waals surface area contributed by atoms with Gasteiger partial charge in [0.25, 0.3) is 0 Å². The van der Waals surface area contributed by atoms with E-state index in [0.717, 1.165) is 12.5 Å². The Morgan fingerprint density at radius 1 is 1.28 bits per heavy atom. The van der Waals surface area contributed by atoms with E-state index >= 15 is 0 Å². The zero-order valence-corrected chi connectivity index (χ0v) is 12.9. The number of hydrogen-bond acceptors (Lipinski definition) is 1. The summed E-state index contributed by atoms with van der Waals surface area (Å²) in [5, 5.41) is 3.72. The molecule has 18 heavy (non-hydrogen) atoms. The van der Waals surface area contributed by atoms with Gasteiger partial charge in [0.05, 0.1) is 0 Å². The molecule has 0 aromatic heterocycles. The molecule has 0 bridgehead atoms. The first-order chi connectivity index (χ1) is 8.78. The summed E-state index contributed by atoms with van der Waals surface area (Å²) in [7, 11) is 0. The second kappa shape index (κ2) is 7.30. The lowest BCUT2D eigenvalue weighted by molar-refractivity contribution is 0.259. The van der Waals surface area contributed by atoms with Gasteiger partial charge in [0.2, 0.25) is 0 Å². The van der Waals surface area contributed by atoms with E-state index in [1.54, 1.807) is 0 Å². The third-order valence-electron chi connectivity index (χ3n) is 3.92. The summed E-state index contributed by atoms with van der Waals surface area (Å²) < 4.78 is 1.17. The third-order valence-corrected chi connectivity index (χ3v) is 4.45. The van der Waals surface area contributed by atoms with E-state index in [2.05, 4.69) is 52.4 Å². The normalized spacial score (nSPS) is 17.4. The molecule has 100 valence electrons. The van der Waals surface area contributed by atoms with Gasteiger partial charge in [-0.05, 0) is 49.4 Å². The maximum absolute atomic E-state index is 3.72. The van der Waals surface area contributed by atoms with Crippen LogP contribution in [0.2, 0.25) is 0 Å². The van der Waals surface area contributed by atoms with Crippen LogP contribution in [0.4, 0.5) is 0 Å². The third kappa shape index (κ3) is 4.40. The molecule has 1 unspecified atom stereocenters. The van der Waals surface area contributed by atoms with Crippen molar-refractivity contribution in [3.63, 3.8) is 0 Å². The maximum atomic E-state index is 3.72. The summed E-state index contributed by atoms with van der Waals surface area (Å²) in [6, 6.07) is 9.44. The Hall–Kier alpha value is -0.340. The van der Waals surface area contributed by atoms with Crippen LogP contribution in [0.1, 0.15) is 44.6 Å². The van der Waals surface area contributed by atoms with Gasteiger partial charge in [-0.25, -0.2) is 0 Å². The molecule has 1 fully saturated rings. The zero-order chi connectivity index (χ0) is 12.8. The Balaban J connectivity index is 1.88. The highest BCUT2D eigenvalue weighted by atomic mass is 79.9. The highest BCUT2D eigenvalue weighted by Gasteiger charge is 2.21. The summed E-state index contributed by atoms with van der Waals surface area (Å²) in [6.07, 6.45) is 8.10. The van der Waals surface area contributed by atoms with Crippen LogP contribution in [0.3, 0.4) is 0 Å². The standard InChI is InChI=1S/C16H24BrN/c1-2-10-18-16(11-13-4-3-5-13)12-14-6-8-15(17)9-7-14/h6-9,13,16,18H,2-5,10-12H2,1H3. The van der Waals surface area contributed by atoms with E-state index in [9.17, 15) is 0 Å². The van der Waals surface area contributed by atoms with Gasteiger partial charge >= 0.3 is 0 Å². The molecule has 1 aromatic rings. The van der Waals surface area contributed by atoms with E-state index in [4.69, 9.17) is 0 Å². The summed E-state index contributed by atoms with van der Waals surface area (Å²) in [5.41, 5.74) is 1.45. The van der Waals surface area contributed by atoms with Crippen molar-refractivity contribution >= 4 is 15.9 Å². The van der Waals surface area contributed by atoms with Crippen molar-refractivity contribution < 1.29 is 0 Å². The Kier molecular flexibility index (Phi) is 5.71. The van der Waals surface area contributed by atoms with Crippen molar-refractivity contribution in [1.29, 1.82) is 0 Å². The smallest absolute Gasteiger partial charge is 0.0175 e. The van der Waals surface area contributed by atoms with Crippen LogP contribution < -0.4 is 5.32 Å². The SMILES string of the molecule is CCCNC(Cc1ccc(Br)cc1)CC1CCC1. The van der Waals surface area contributed by atoms with Crippen LogP contribution in [0.15, 0.2) is 28.7 Å². The number of hydrogen-bond donors (Lipinski definition) is 1. The molecule has 0 saturated heterocycles. The lowest BCUT2D eigenvalue weighted by atomic mass is 9.80. The predicted octanol–water partition coefficient (Wildman–Crippen LogP) is 4.55. The van der Waals surface area contributed by atoms with E-state index in [-0.39, 0.29) is 0 Å². The molecule has 0 heterocycles. The maximum Gasteiger partial charge on any atom is 0.0175 e. The number of halogens is 1. The Morgan fingerprint density at radius 3 is 2.56 bits per heavy atom. The summed E-state index contributed by atoms with van der Waals surface area (Å²) in [5.74, 6) is 0.981. The molecule has 0 amide bonds. The highest BCUT2D eigenvalue weighted by Crippen LogP contribution is 2.31. The lowest BCUT2D eigenvalue weighted by Crippen LogP contribution is -2.35. The first-order valence-electron chi connectivity index (χ1n) is 7.25. The molecule has 0 radical (unpaired) electrons. The zero-order valence-electron chi connectivity index (χ0n) is 11.3. The van der Waals surface area contributed by atoms with Crippen LogP contribution in [0, 0.1) is 5.92 Å². The van der Waals surface area contributed by atoms with Gasteiger partial charge in [0.15, 0.2) is 0 Å². The lowest BCUT2D eigenvalue weighted by Gasteiger charge is -2.30. The van der Waals surface area contributed by atoms with Crippen molar-refractivity contribution in [2.75, 3.05) is 6.54 Å². The monoisotopic (exact) mass is 309 g/mol. The van der Waals surface area contributed by atoms with Crippen molar-refractivity contribution in [3.8, 4) is 0 Å². The number of nitrogens with one attached hydrogen (secondary N) is 1. The quantitative estimate of drug-likeness (QED) is 0.779. The predicted molar refractivity (Wildman–Crippen MR) is 81.9 cm³/mol. The topological polar surface area (TPSA) is 12.0 Å². The molecular weight excluding hydrogens is 286 g/mol. The van der Waals surface area contributed by atoms with Gasteiger partial charge in [-0.15, -0.1) is 0 Å². The van der Waals surface area contributed by atoms with E-state index in [1.807, 2.05) is 0 Å². The van der Waals surface area contributed by atoms with E-state index in [0.29, 0.717) is 6.04 Å². The van der Waals surface area contributed by atoms with Gasteiger partial charge in [-0.3, -0.25) is 0 Å². The molecule has 1 aliphatic carbocycles. The minimum atomic E-state index is 0.663. The van der Waals surface area contributed by atoms with Crippen molar-refractivity contribution in [2.24, 2.45) is 5.92 Å². The summed E-state index contributed by atoms with van der Waals surface area (Å²) >= 11 is 3.50. The molecule has 1 aliphatic rings. The van der Waals surface area contributed by atoms with Gasteiger partial charge < -0.3 is 5.32 Å². The minimum absolute atomic E-state index is 0.663. The molecule has 2 heteroatoms. The molecule has 0 spiro atoms. The fraction of sp³-hybridized carbons (Fsp3) is 0.625. The van der Waals surface area contributed by atoms with E-state index in [1.165, 1.54) is 48.6 Å². The van der Waals surface area contributed by atoms with Crippen LogP contribution in [-0.4, -0.2) is 12.6 Å². The molecular formula is C16H24BrN. The van der Waals surface area contributed by atoms with Gasteiger partial charge in [-0.2, -0.15) is 0 Å². The minimum Gasteiger partial charge on any atom is -0.314 e. The average Bonchev–Trinajstić information content (AvgIpc) is 2.33. The van der Waals surface area contributed by atoms with Crippen LogP contribution in [0.5, 0.6) is 0 Å². The number of benzene rings is 1. The molecule has 1 aromatic carbocycles. The molecule has 2 rings (SSSR count). The Bertz CT molecular complexity index is 343. The second-order valence-corrected chi connectivity index (χ2v) is 6.43. The van der Waals surface area contributed by atoms with Crippen molar-refractivity contribution in [1.82, 2.24) is 5.32 Å². The average molecular weight is 310 g/mol. The van der Waals surface area contributed by atoms with Gasteiger partial charge in [-0.1, -0.05) is 54.2 Å². The molecule has 1 N–H and O–H groups in total. The Morgan fingerprint density at radius 2 is 2.00 bits per heavy atom. The van der Waals surface area contributed by atoms with Crippen LogP contribution in [0.25, 0.3) is 0 Å². The fourth-order valence-corrected chi connectivity index (χ4v) is 2.89. The van der Waals surface area contributed by atoms with Crippen molar-refractivity contribution in [2.45, 2.75) is 51.5 Å². The van der Waals surface area contributed by atoms with Gasteiger partial charge in [0, 0.05) is 10.5 Å². The highest BCUT2D eigenvalue weighted by molar-refractivity contribution is 9.10. The van der Waals surface area contributed by atoms with Crippen LogP contribution in [-0.2, 0) is 6.42 Å². The van der Waals surface area contributed by atoms with Gasteiger partial charge in [0.1, 0.15) is 0 Å². The number of rotatable bonds is 7. The molecule has 1 saturated carbocycles. The Labute approximate surface area is 119 Å². The molecule has 1 nitrogen and oxygen atoms in total. The largest absolute Gasteiger partial charge is 0.314 e. The summed E-state index contributed by atoms with van der Waals surface area (Å²) in [4.78, 5) is 0.